The van der Waals surface area contributed by atoms with E-state index in [1.807, 2.05) is 54.7 Å². The number of hydrogen-bond acceptors (Lipinski definition) is 5. The molecule has 1 atom stereocenters. The molecule has 6 heteroatoms. The van der Waals surface area contributed by atoms with Crippen molar-refractivity contribution in [3.8, 4) is 16.3 Å². The number of thiazole rings is 1. The Morgan fingerprint density at radius 2 is 2.10 bits per heavy atom. The van der Waals surface area contributed by atoms with Gasteiger partial charge >= 0.3 is 0 Å². The number of nitrogens with one attached hydrogen (secondary N) is 1. The van der Waals surface area contributed by atoms with Crippen LogP contribution in [0, 0.1) is 0 Å². The van der Waals surface area contributed by atoms with E-state index < -0.39 is 0 Å². The Labute approximate surface area is 178 Å². The molecule has 2 aromatic carbocycles. The van der Waals surface area contributed by atoms with Gasteiger partial charge in [-0.05, 0) is 42.8 Å². The number of nitrogens with zero attached hydrogens (tertiary/aromatic N) is 2. The summed E-state index contributed by atoms with van der Waals surface area (Å²) in [5.41, 5.74) is 4.62. The first-order valence-corrected chi connectivity index (χ1v) is 10.9. The van der Waals surface area contributed by atoms with E-state index in [1.165, 1.54) is 0 Å². The average Bonchev–Trinajstić information content (AvgIpc) is 3.23. The third kappa shape index (κ3) is 3.55. The summed E-state index contributed by atoms with van der Waals surface area (Å²) in [5, 5.41) is 4.08. The first kappa shape index (κ1) is 18.8. The van der Waals surface area contributed by atoms with E-state index in [2.05, 4.69) is 23.3 Å². The van der Waals surface area contributed by atoms with Crippen LogP contribution in [0.25, 0.3) is 20.8 Å². The predicted molar refractivity (Wildman–Crippen MR) is 119 cm³/mol. The van der Waals surface area contributed by atoms with E-state index in [0.29, 0.717) is 12.2 Å². The molecular formula is C24H21N3O2S. The number of hydrogen-bond donors (Lipinski definition) is 1. The highest BCUT2D eigenvalue weighted by Gasteiger charge is 2.23. The minimum Gasteiger partial charge on any atom is -0.493 e. The van der Waals surface area contributed by atoms with E-state index in [-0.39, 0.29) is 11.9 Å². The summed E-state index contributed by atoms with van der Waals surface area (Å²) in [7, 11) is 0. The SMILES string of the molecule is CCc1ccc(-c2nc3ccc(C(=O)N[C@H]4CCOc5ccccc54)cc3s2)cn1. The predicted octanol–water partition coefficient (Wildman–Crippen LogP) is 5.17. The van der Waals surface area contributed by atoms with Crippen LogP contribution in [0.5, 0.6) is 5.75 Å². The molecule has 5 nitrogen and oxygen atoms in total. The molecule has 30 heavy (non-hydrogen) atoms. The fraction of sp³-hybridized carbons (Fsp3) is 0.208. The van der Waals surface area contributed by atoms with Gasteiger partial charge in [-0.15, -0.1) is 11.3 Å². The number of benzene rings is 2. The van der Waals surface area contributed by atoms with Crippen molar-refractivity contribution in [3.05, 3.63) is 77.6 Å². The molecule has 0 radical (unpaired) electrons. The molecule has 0 unspecified atom stereocenters. The molecule has 0 spiro atoms. The number of ether oxygens (including phenoxy) is 1. The van der Waals surface area contributed by atoms with E-state index in [4.69, 9.17) is 9.72 Å². The zero-order valence-corrected chi connectivity index (χ0v) is 17.4. The Morgan fingerprint density at radius 1 is 1.20 bits per heavy atom. The number of aryl methyl sites for hydroxylation is 1. The zero-order chi connectivity index (χ0) is 20.5. The third-order valence-corrected chi connectivity index (χ3v) is 6.42. The van der Waals surface area contributed by atoms with E-state index in [1.54, 1.807) is 11.3 Å². The van der Waals surface area contributed by atoms with Crippen LogP contribution in [0.15, 0.2) is 60.8 Å². The van der Waals surface area contributed by atoms with Gasteiger partial charge in [-0.25, -0.2) is 4.98 Å². The van der Waals surface area contributed by atoms with Crippen molar-refractivity contribution in [2.75, 3.05) is 6.61 Å². The van der Waals surface area contributed by atoms with Crippen LogP contribution in [0.4, 0.5) is 0 Å². The van der Waals surface area contributed by atoms with Gasteiger partial charge in [-0.2, -0.15) is 0 Å². The van der Waals surface area contributed by atoms with Crippen LogP contribution in [-0.2, 0) is 6.42 Å². The van der Waals surface area contributed by atoms with Gasteiger partial charge in [0.15, 0.2) is 0 Å². The fourth-order valence-electron chi connectivity index (χ4n) is 3.68. The maximum Gasteiger partial charge on any atom is 0.251 e. The molecule has 1 aliphatic rings. The van der Waals surface area contributed by atoms with Crippen molar-refractivity contribution < 1.29 is 9.53 Å². The van der Waals surface area contributed by atoms with Crippen LogP contribution in [0.1, 0.15) is 41.0 Å². The van der Waals surface area contributed by atoms with Gasteiger partial charge in [0.25, 0.3) is 5.91 Å². The van der Waals surface area contributed by atoms with Crippen molar-refractivity contribution in [1.82, 2.24) is 15.3 Å². The lowest BCUT2D eigenvalue weighted by molar-refractivity contribution is 0.0925. The minimum absolute atomic E-state index is 0.0432. The number of para-hydroxylation sites is 1. The molecular weight excluding hydrogens is 394 g/mol. The van der Waals surface area contributed by atoms with Gasteiger partial charge in [0, 0.05) is 35.0 Å². The van der Waals surface area contributed by atoms with Crippen LogP contribution < -0.4 is 10.1 Å². The summed E-state index contributed by atoms with van der Waals surface area (Å²) in [6.45, 7) is 2.69. The summed E-state index contributed by atoms with van der Waals surface area (Å²) in [6.07, 6.45) is 3.54. The molecule has 0 fully saturated rings. The Balaban J connectivity index is 1.39. The molecule has 5 rings (SSSR count). The summed E-state index contributed by atoms with van der Waals surface area (Å²) in [6, 6.07) is 17.6. The number of carbonyl (C=O) groups is 1. The highest BCUT2D eigenvalue weighted by Crippen LogP contribution is 2.33. The minimum atomic E-state index is -0.0810. The van der Waals surface area contributed by atoms with Crippen molar-refractivity contribution >= 4 is 27.5 Å². The normalized spacial score (nSPS) is 15.4. The van der Waals surface area contributed by atoms with E-state index in [0.717, 1.165) is 50.6 Å². The monoisotopic (exact) mass is 415 g/mol. The summed E-state index contributed by atoms with van der Waals surface area (Å²) >= 11 is 1.58. The molecule has 0 bridgehead atoms. The summed E-state index contributed by atoms with van der Waals surface area (Å²) in [5.74, 6) is 0.766. The molecule has 1 aliphatic heterocycles. The van der Waals surface area contributed by atoms with Gasteiger partial charge < -0.3 is 10.1 Å². The first-order valence-electron chi connectivity index (χ1n) is 10.1. The second-order valence-electron chi connectivity index (χ2n) is 7.29. The van der Waals surface area contributed by atoms with Gasteiger partial charge in [0.05, 0.1) is 22.9 Å². The smallest absolute Gasteiger partial charge is 0.251 e. The van der Waals surface area contributed by atoms with Crippen molar-refractivity contribution in [3.63, 3.8) is 0 Å². The first-order chi connectivity index (χ1) is 14.7. The third-order valence-electron chi connectivity index (χ3n) is 5.35. The fourth-order valence-corrected chi connectivity index (χ4v) is 4.68. The molecule has 1 N–H and O–H groups in total. The van der Waals surface area contributed by atoms with Gasteiger partial charge in [-0.3, -0.25) is 9.78 Å². The van der Waals surface area contributed by atoms with E-state index in [9.17, 15) is 4.79 Å². The van der Waals surface area contributed by atoms with Crippen molar-refractivity contribution in [2.24, 2.45) is 0 Å². The van der Waals surface area contributed by atoms with Crippen molar-refractivity contribution in [1.29, 1.82) is 0 Å². The molecule has 4 aromatic rings. The topological polar surface area (TPSA) is 64.1 Å². The Morgan fingerprint density at radius 3 is 2.93 bits per heavy atom. The van der Waals surface area contributed by atoms with E-state index >= 15 is 0 Å². The van der Waals surface area contributed by atoms with Crippen LogP contribution in [-0.4, -0.2) is 22.5 Å². The highest BCUT2D eigenvalue weighted by molar-refractivity contribution is 7.21. The lowest BCUT2D eigenvalue weighted by atomic mass is 10.00. The van der Waals surface area contributed by atoms with Crippen molar-refractivity contribution in [2.45, 2.75) is 25.8 Å². The molecule has 1 amide bonds. The Bertz CT molecular complexity index is 1220. The number of aromatic nitrogens is 2. The number of fused-ring (bicyclic) bond motifs is 2. The molecule has 2 aromatic heterocycles. The summed E-state index contributed by atoms with van der Waals surface area (Å²) in [4.78, 5) is 22.1. The maximum atomic E-state index is 12.9. The number of pyridine rings is 1. The second kappa shape index (κ2) is 7.88. The van der Waals surface area contributed by atoms with Crippen LogP contribution in [0.3, 0.4) is 0 Å². The molecule has 150 valence electrons. The number of rotatable bonds is 4. The Kier molecular flexibility index (Phi) is 4.93. The highest BCUT2D eigenvalue weighted by atomic mass is 32.1. The van der Waals surface area contributed by atoms with Gasteiger partial charge in [0.1, 0.15) is 10.8 Å². The maximum absolute atomic E-state index is 12.9. The lowest BCUT2D eigenvalue weighted by Crippen LogP contribution is -2.32. The second-order valence-corrected chi connectivity index (χ2v) is 8.32. The average molecular weight is 416 g/mol. The quantitative estimate of drug-likeness (QED) is 0.499. The standard InChI is InChI=1S/C24H21N3O2S/c1-2-17-9-7-16(14-25-17)24-27-20-10-8-15(13-22(20)30-24)23(28)26-19-11-12-29-21-6-4-3-5-18(19)21/h3-10,13-14,19H,2,11-12H2,1H3,(H,26,28)/t19-/m0/s1. The molecule has 3 heterocycles. The van der Waals surface area contributed by atoms with Crippen LogP contribution in [0.2, 0.25) is 0 Å². The molecule has 0 saturated heterocycles. The molecule has 0 aliphatic carbocycles. The molecule has 0 saturated carbocycles. The van der Waals surface area contributed by atoms with Gasteiger partial charge in [-0.1, -0.05) is 25.1 Å². The largest absolute Gasteiger partial charge is 0.493 e. The van der Waals surface area contributed by atoms with Crippen LogP contribution >= 0.6 is 11.3 Å². The number of amides is 1. The zero-order valence-electron chi connectivity index (χ0n) is 16.6. The van der Waals surface area contributed by atoms with Gasteiger partial charge in [0.2, 0.25) is 0 Å². The Hall–Kier alpha value is -3.25. The summed E-state index contributed by atoms with van der Waals surface area (Å²) < 4.78 is 6.69. The lowest BCUT2D eigenvalue weighted by Gasteiger charge is -2.26. The number of carbonyl (C=O) groups excluding carboxylic acids is 1.